The number of fused-ring (bicyclic) bond motifs is 2. The minimum Gasteiger partial charge on any atom is -0.496 e. The number of ether oxygens (including phenoxy) is 1. The molecular formula is C46H54F2N10O7. The van der Waals surface area contributed by atoms with E-state index < -0.39 is 30.3 Å². The van der Waals surface area contributed by atoms with E-state index in [2.05, 4.69) is 25.4 Å². The van der Waals surface area contributed by atoms with Crippen LogP contribution >= 0.6 is 0 Å². The summed E-state index contributed by atoms with van der Waals surface area (Å²) in [6.45, 7) is 3.54. The fourth-order valence-corrected chi connectivity index (χ4v) is 10.2. The van der Waals surface area contributed by atoms with Gasteiger partial charge in [-0.1, -0.05) is 25.0 Å². The van der Waals surface area contributed by atoms with Crippen LogP contribution in [0.15, 0.2) is 42.6 Å². The molecule has 2 aromatic carbocycles. The van der Waals surface area contributed by atoms with Crippen molar-refractivity contribution in [3.63, 3.8) is 0 Å². The highest BCUT2D eigenvalue weighted by molar-refractivity contribution is 6.06. The molecule has 1 atom stereocenters. The highest BCUT2D eigenvalue weighted by Gasteiger charge is 2.49. The number of aromatic nitrogens is 2. The second-order valence-electron chi connectivity index (χ2n) is 17.9. The van der Waals surface area contributed by atoms with Gasteiger partial charge in [0.05, 0.1) is 26.4 Å². The van der Waals surface area contributed by atoms with E-state index in [0.717, 1.165) is 41.8 Å². The van der Waals surface area contributed by atoms with E-state index in [1.807, 2.05) is 17.0 Å². The summed E-state index contributed by atoms with van der Waals surface area (Å²) in [5, 5.41) is 5.47. The van der Waals surface area contributed by atoms with Gasteiger partial charge in [0.25, 0.3) is 17.7 Å². The van der Waals surface area contributed by atoms with Crippen LogP contribution in [-0.2, 0) is 32.1 Å². The van der Waals surface area contributed by atoms with Crippen LogP contribution < -0.4 is 30.1 Å². The van der Waals surface area contributed by atoms with E-state index in [9.17, 15) is 28.8 Å². The number of piperidine rings is 2. The maximum atomic E-state index is 15.1. The largest absolute Gasteiger partial charge is 0.496 e. The van der Waals surface area contributed by atoms with Crippen LogP contribution in [0.2, 0.25) is 0 Å². The summed E-state index contributed by atoms with van der Waals surface area (Å²) >= 11 is 0. The molecule has 4 fully saturated rings. The van der Waals surface area contributed by atoms with E-state index in [-0.39, 0.29) is 60.8 Å². The zero-order valence-corrected chi connectivity index (χ0v) is 36.7. The molecule has 1 aliphatic carbocycles. The molecule has 1 saturated carbocycles. The first-order valence-electron chi connectivity index (χ1n) is 22.6. The lowest BCUT2D eigenvalue weighted by molar-refractivity contribution is -0.140. The molecule has 6 heterocycles. The van der Waals surface area contributed by atoms with Crippen LogP contribution in [0.3, 0.4) is 0 Å². The van der Waals surface area contributed by atoms with Crippen molar-refractivity contribution in [2.24, 2.45) is 0 Å². The lowest BCUT2D eigenvalue weighted by Gasteiger charge is -2.38. The van der Waals surface area contributed by atoms with Gasteiger partial charge in [-0.15, -0.1) is 0 Å². The van der Waals surface area contributed by atoms with Gasteiger partial charge in [0, 0.05) is 106 Å². The number of likely N-dealkylation sites (tertiary alicyclic amines) is 1. The van der Waals surface area contributed by atoms with E-state index in [0.29, 0.717) is 99.2 Å². The maximum Gasteiger partial charge on any atom is 0.342 e. The molecule has 9 rings (SSSR count). The molecule has 19 heteroatoms. The number of carbonyl (C=O) groups is 6. The van der Waals surface area contributed by atoms with Gasteiger partial charge >= 0.3 is 5.92 Å². The highest BCUT2D eigenvalue weighted by Crippen LogP contribution is 2.40. The lowest BCUT2D eigenvalue weighted by atomic mass is 10.0. The Morgan fingerprint density at radius 2 is 1.68 bits per heavy atom. The summed E-state index contributed by atoms with van der Waals surface area (Å²) < 4.78 is 35.8. The third kappa shape index (κ3) is 8.81. The quantitative estimate of drug-likeness (QED) is 0.285. The molecule has 17 nitrogen and oxygen atoms in total. The number of nitrogens with zero attached hydrogens (tertiary/aromatic N) is 8. The normalized spacial score (nSPS) is 21.9. The molecule has 0 bridgehead atoms. The first-order valence-corrected chi connectivity index (χ1v) is 22.6. The number of hydrogen-bond donors (Lipinski definition) is 2. The number of anilines is 3. The summed E-state index contributed by atoms with van der Waals surface area (Å²) in [6, 6.07) is 9.81. The third-order valence-electron chi connectivity index (χ3n) is 13.9. The summed E-state index contributed by atoms with van der Waals surface area (Å²) in [5.74, 6) is -4.92. The molecule has 1 aromatic heterocycles. The smallest absolute Gasteiger partial charge is 0.342 e. The maximum absolute atomic E-state index is 15.1. The predicted octanol–water partition coefficient (Wildman–Crippen LogP) is 2.74. The Bertz CT molecular complexity index is 2400. The molecule has 5 aliphatic heterocycles. The number of hydrogen-bond acceptors (Lipinski definition) is 12. The SMILES string of the molecule is COc1cc(C(=O)NC2CCN(C(=O)CN3CCN(c4cccc5c4CN(C4CCC(=O)NC4=O)C5=O)CC3)CC2)ccc1Cc1ncc2c(n1)N(C1CCCC1)CC(F)(F)C(=O)N2C. The van der Waals surface area contributed by atoms with Crippen molar-refractivity contribution < 1.29 is 42.3 Å². The van der Waals surface area contributed by atoms with Crippen molar-refractivity contribution in [1.29, 1.82) is 0 Å². The average molecular weight is 897 g/mol. The Labute approximate surface area is 375 Å². The summed E-state index contributed by atoms with van der Waals surface area (Å²) in [5.41, 5.74) is 3.74. The third-order valence-corrected chi connectivity index (χ3v) is 13.9. The first kappa shape index (κ1) is 44.0. The van der Waals surface area contributed by atoms with Gasteiger partial charge < -0.3 is 34.6 Å². The van der Waals surface area contributed by atoms with Crippen LogP contribution in [0.1, 0.15) is 89.0 Å². The molecule has 0 spiro atoms. The van der Waals surface area contributed by atoms with Crippen molar-refractivity contribution in [2.75, 3.05) is 81.2 Å². The Kier molecular flexibility index (Phi) is 12.2. The zero-order valence-electron chi connectivity index (χ0n) is 36.7. The molecule has 2 N–H and O–H groups in total. The summed E-state index contributed by atoms with van der Waals surface area (Å²) in [4.78, 5) is 96.8. The monoisotopic (exact) mass is 896 g/mol. The number of halogens is 2. The number of alkyl halides is 2. The molecule has 1 unspecified atom stereocenters. The number of nitrogens with one attached hydrogen (secondary N) is 2. The van der Waals surface area contributed by atoms with E-state index in [4.69, 9.17) is 9.72 Å². The minimum absolute atomic E-state index is 0.0396. The van der Waals surface area contributed by atoms with Gasteiger partial charge in [-0.25, -0.2) is 9.97 Å². The number of piperazine rings is 1. The van der Waals surface area contributed by atoms with Crippen molar-refractivity contribution in [2.45, 2.75) is 88.4 Å². The summed E-state index contributed by atoms with van der Waals surface area (Å²) in [7, 11) is 2.83. The van der Waals surface area contributed by atoms with Gasteiger partial charge in [-0.05, 0) is 56.4 Å². The van der Waals surface area contributed by atoms with Crippen molar-refractivity contribution >= 4 is 52.6 Å². The summed E-state index contributed by atoms with van der Waals surface area (Å²) in [6.07, 6.45) is 6.67. The molecular weight excluding hydrogens is 843 g/mol. The molecule has 65 heavy (non-hydrogen) atoms. The minimum atomic E-state index is -3.57. The second kappa shape index (κ2) is 18.0. The number of imide groups is 1. The van der Waals surface area contributed by atoms with Gasteiger partial charge in [0.15, 0.2) is 5.82 Å². The van der Waals surface area contributed by atoms with Crippen LogP contribution in [0.5, 0.6) is 5.75 Å². The molecule has 6 aliphatic rings. The Morgan fingerprint density at radius 1 is 0.923 bits per heavy atom. The molecule has 0 radical (unpaired) electrons. The first-order chi connectivity index (χ1) is 31.3. The molecule has 344 valence electrons. The van der Waals surface area contributed by atoms with E-state index in [1.54, 1.807) is 34.1 Å². The van der Waals surface area contributed by atoms with Crippen molar-refractivity contribution in [3.05, 3.63) is 70.7 Å². The number of amides is 6. The van der Waals surface area contributed by atoms with Crippen LogP contribution in [-0.4, -0.2) is 151 Å². The second-order valence-corrected chi connectivity index (χ2v) is 17.9. The highest BCUT2D eigenvalue weighted by atomic mass is 19.3. The molecule has 3 aromatic rings. The fourth-order valence-electron chi connectivity index (χ4n) is 10.2. The Morgan fingerprint density at radius 3 is 2.40 bits per heavy atom. The Hall–Kier alpha value is -6.24. The number of rotatable bonds is 10. The van der Waals surface area contributed by atoms with E-state index >= 15 is 8.78 Å². The topological polar surface area (TPSA) is 181 Å². The van der Waals surface area contributed by atoms with Gasteiger partial charge in [0.1, 0.15) is 23.3 Å². The number of methoxy groups -OCH3 is 1. The molecule has 3 saturated heterocycles. The predicted molar refractivity (Wildman–Crippen MR) is 234 cm³/mol. The van der Waals surface area contributed by atoms with Crippen LogP contribution in [0.4, 0.5) is 26.0 Å². The van der Waals surface area contributed by atoms with Gasteiger partial charge in [-0.3, -0.25) is 39.0 Å². The lowest BCUT2D eigenvalue weighted by Crippen LogP contribution is -2.52. The van der Waals surface area contributed by atoms with Crippen LogP contribution in [0.25, 0.3) is 0 Å². The zero-order chi connectivity index (χ0) is 45.6. The number of benzene rings is 2. The van der Waals surface area contributed by atoms with Gasteiger partial charge in [0.2, 0.25) is 17.7 Å². The average Bonchev–Trinajstić information content (AvgIpc) is 3.95. The fraction of sp³-hybridized carbons (Fsp3) is 0.522. The van der Waals surface area contributed by atoms with Crippen molar-refractivity contribution in [3.8, 4) is 5.75 Å². The number of carbonyl (C=O) groups excluding carboxylic acids is 6. The standard InChI is InChI=1S/C46H54F2N10O7/c1-53-36-24-49-38(51-41(36)58(31-6-3-4-7-31)27-46(47,48)45(53)64)23-28-10-11-29(22-37(28)65-2)42(61)50-30-14-16-56(17-15-30)40(60)26-54-18-20-55(21-19-54)34-9-5-8-32-33(34)25-57(44(32)63)35-12-13-39(59)52-43(35)62/h5,8-11,22,24,30-31,35H,3-4,6-7,12-21,23,25-27H2,1-2H3,(H,50,61)(H,52,59,62). The van der Waals surface area contributed by atoms with Gasteiger partial charge in [-0.2, -0.15) is 8.78 Å². The Balaban J connectivity index is 0.758. The van der Waals surface area contributed by atoms with E-state index in [1.165, 1.54) is 20.4 Å². The molecule has 6 amide bonds. The van der Waals surface area contributed by atoms with Crippen LogP contribution in [0, 0.1) is 0 Å². The van der Waals surface area contributed by atoms with Crippen molar-refractivity contribution in [1.82, 2.24) is 35.3 Å².